The number of piperidine rings is 1. The maximum atomic E-state index is 11.9. The second kappa shape index (κ2) is 10.2. The van der Waals surface area contributed by atoms with Crippen LogP contribution in [0.1, 0.15) is 43.6 Å². The van der Waals surface area contributed by atoms with Crippen LogP contribution < -0.4 is 9.62 Å². The molecule has 2 aromatic rings. The molecule has 1 aliphatic carbocycles. The van der Waals surface area contributed by atoms with Crippen LogP contribution in [-0.4, -0.2) is 56.6 Å². The molecular weight excluding hydrogens is 426 g/mol. The molecule has 1 saturated heterocycles. The molecule has 0 radical (unpaired) electrons. The van der Waals surface area contributed by atoms with Gasteiger partial charge in [0.2, 0.25) is 10.0 Å². The summed E-state index contributed by atoms with van der Waals surface area (Å²) in [4.78, 5) is 6.34. The molecule has 0 unspecified atom stereocenters. The molecule has 0 amide bonds. The summed E-state index contributed by atoms with van der Waals surface area (Å²) in [6.07, 6.45) is 7.95. The summed E-state index contributed by atoms with van der Waals surface area (Å²) in [5.74, 6) is 1.25. The lowest BCUT2D eigenvalue weighted by atomic mass is 9.82. The van der Waals surface area contributed by atoms with Crippen LogP contribution in [0.25, 0.3) is 0 Å². The number of anilines is 1. The molecule has 1 saturated carbocycles. The first-order valence-electron chi connectivity index (χ1n) is 11.4. The van der Waals surface area contributed by atoms with Gasteiger partial charge in [-0.2, -0.15) is 0 Å². The molecule has 2 aliphatic rings. The number of rotatable bonds is 7. The molecule has 7 nitrogen and oxygen atoms in total. The third-order valence-electron chi connectivity index (χ3n) is 6.66. The van der Waals surface area contributed by atoms with Gasteiger partial charge in [0.15, 0.2) is 11.6 Å². The number of ether oxygens (including phenoxy) is 1. The zero-order chi connectivity index (χ0) is 22.6. The van der Waals surface area contributed by atoms with Gasteiger partial charge in [0.25, 0.3) is 0 Å². The van der Waals surface area contributed by atoms with Crippen LogP contribution in [0.15, 0.2) is 48.7 Å². The average molecular weight is 460 g/mol. The molecule has 0 spiro atoms. The molecule has 0 bridgehead atoms. The van der Waals surface area contributed by atoms with Gasteiger partial charge in [0.05, 0.1) is 19.0 Å². The van der Waals surface area contributed by atoms with Crippen LogP contribution in [0, 0.1) is 5.92 Å². The molecule has 2 atom stereocenters. The summed E-state index contributed by atoms with van der Waals surface area (Å²) < 4.78 is 32.9. The lowest BCUT2D eigenvalue weighted by Crippen LogP contribution is -2.52. The normalized spacial score (nSPS) is 26.7. The summed E-state index contributed by atoms with van der Waals surface area (Å²) in [5, 5.41) is 10.2. The van der Waals surface area contributed by atoms with Gasteiger partial charge >= 0.3 is 0 Å². The van der Waals surface area contributed by atoms with Gasteiger partial charge in [0.1, 0.15) is 0 Å². The third kappa shape index (κ3) is 5.99. The molecular formula is C24H33N3O4S. The maximum Gasteiger partial charge on any atom is 0.208 e. The van der Waals surface area contributed by atoms with E-state index in [1.54, 1.807) is 18.3 Å². The van der Waals surface area contributed by atoms with Gasteiger partial charge in [-0.25, -0.2) is 18.1 Å². The molecule has 1 aliphatic heterocycles. The Morgan fingerprint density at radius 1 is 1.09 bits per heavy atom. The highest BCUT2D eigenvalue weighted by Crippen LogP contribution is 2.35. The predicted molar refractivity (Wildman–Crippen MR) is 125 cm³/mol. The van der Waals surface area contributed by atoms with Crippen molar-refractivity contribution in [2.24, 2.45) is 5.92 Å². The summed E-state index contributed by atoms with van der Waals surface area (Å²) in [5.41, 5.74) is 1.40. The van der Waals surface area contributed by atoms with Crippen molar-refractivity contribution in [3.05, 3.63) is 54.2 Å². The van der Waals surface area contributed by atoms with Crippen LogP contribution in [0.5, 0.6) is 5.75 Å². The Balaban J connectivity index is 1.36. The highest BCUT2D eigenvalue weighted by molar-refractivity contribution is 7.88. The van der Waals surface area contributed by atoms with Crippen molar-refractivity contribution in [1.29, 1.82) is 0 Å². The van der Waals surface area contributed by atoms with Crippen molar-refractivity contribution in [2.75, 3.05) is 30.9 Å². The van der Waals surface area contributed by atoms with Crippen LogP contribution in [0.2, 0.25) is 0 Å². The number of nitrogens with zero attached hydrogens (tertiary/aromatic N) is 2. The van der Waals surface area contributed by atoms with Gasteiger partial charge in [-0.05, 0) is 55.7 Å². The Morgan fingerprint density at radius 3 is 2.53 bits per heavy atom. The van der Waals surface area contributed by atoms with E-state index >= 15 is 0 Å². The van der Waals surface area contributed by atoms with Crippen molar-refractivity contribution >= 4 is 15.8 Å². The number of hydrogen-bond donors (Lipinski definition) is 2. The number of pyridine rings is 1. The van der Waals surface area contributed by atoms with E-state index in [0.717, 1.165) is 25.7 Å². The van der Waals surface area contributed by atoms with Gasteiger partial charge in [0, 0.05) is 31.2 Å². The van der Waals surface area contributed by atoms with Gasteiger partial charge in [-0.3, -0.25) is 0 Å². The number of aromatic nitrogens is 1. The quantitative estimate of drug-likeness (QED) is 0.660. The molecule has 32 heavy (non-hydrogen) atoms. The van der Waals surface area contributed by atoms with E-state index < -0.39 is 10.0 Å². The summed E-state index contributed by atoms with van der Waals surface area (Å²) in [6.45, 7) is 1.69. The topological polar surface area (TPSA) is 91.8 Å². The fraction of sp³-hybridized carbons (Fsp3) is 0.542. The van der Waals surface area contributed by atoms with Crippen LogP contribution in [0.4, 0.5) is 5.82 Å². The third-order valence-corrected chi connectivity index (χ3v) is 7.39. The molecule has 2 fully saturated rings. The molecule has 2 N–H and O–H groups in total. The highest BCUT2D eigenvalue weighted by atomic mass is 32.2. The monoisotopic (exact) mass is 459 g/mol. The van der Waals surface area contributed by atoms with E-state index in [4.69, 9.17) is 4.74 Å². The fourth-order valence-electron chi connectivity index (χ4n) is 5.00. The van der Waals surface area contributed by atoms with Crippen molar-refractivity contribution in [1.82, 2.24) is 9.71 Å². The van der Waals surface area contributed by atoms with E-state index in [2.05, 4.69) is 40.0 Å². The summed E-state index contributed by atoms with van der Waals surface area (Å²) in [7, 11) is -3.32. The van der Waals surface area contributed by atoms with E-state index in [1.807, 2.05) is 4.90 Å². The minimum atomic E-state index is -3.32. The van der Waals surface area contributed by atoms with Crippen LogP contribution in [-0.2, 0) is 14.8 Å². The van der Waals surface area contributed by atoms with Gasteiger partial charge < -0.3 is 14.7 Å². The number of benzene rings is 1. The SMILES string of the molecule is CS(=O)(=O)N[C@H]1CCN(c2ncccc2O)C[C@H]1CO[C@H]1CC[C@@H](c2ccccc2)CC1. The minimum absolute atomic E-state index is 0.0215. The predicted octanol–water partition coefficient (Wildman–Crippen LogP) is 3.27. The van der Waals surface area contributed by atoms with Crippen molar-refractivity contribution < 1.29 is 18.3 Å². The highest BCUT2D eigenvalue weighted by Gasteiger charge is 2.34. The second-order valence-corrected chi connectivity index (χ2v) is 10.8. The Morgan fingerprint density at radius 2 is 1.84 bits per heavy atom. The zero-order valence-electron chi connectivity index (χ0n) is 18.6. The van der Waals surface area contributed by atoms with E-state index in [1.165, 1.54) is 11.8 Å². The Kier molecular flexibility index (Phi) is 7.33. The molecule has 1 aromatic heterocycles. The number of hydrogen-bond acceptors (Lipinski definition) is 6. The number of aromatic hydroxyl groups is 1. The smallest absolute Gasteiger partial charge is 0.208 e. The van der Waals surface area contributed by atoms with Crippen molar-refractivity contribution in [2.45, 2.75) is 50.2 Å². The lowest BCUT2D eigenvalue weighted by molar-refractivity contribution is -0.00216. The summed E-state index contributed by atoms with van der Waals surface area (Å²) in [6, 6.07) is 13.8. The summed E-state index contributed by atoms with van der Waals surface area (Å²) >= 11 is 0. The first-order valence-corrected chi connectivity index (χ1v) is 13.3. The molecule has 1 aromatic carbocycles. The average Bonchev–Trinajstić information content (AvgIpc) is 2.79. The first-order chi connectivity index (χ1) is 15.4. The zero-order valence-corrected chi connectivity index (χ0v) is 19.4. The maximum absolute atomic E-state index is 11.9. The number of sulfonamides is 1. The molecule has 4 rings (SSSR count). The minimum Gasteiger partial charge on any atom is -0.504 e. The fourth-order valence-corrected chi connectivity index (χ4v) is 5.86. The van der Waals surface area contributed by atoms with Gasteiger partial charge in [-0.15, -0.1) is 0 Å². The molecule has 2 heterocycles. The van der Waals surface area contributed by atoms with E-state index in [0.29, 0.717) is 37.9 Å². The lowest BCUT2D eigenvalue weighted by Gasteiger charge is -2.40. The first kappa shape index (κ1) is 23.0. The molecule has 174 valence electrons. The molecule has 8 heteroatoms. The van der Waals surface area contributed by atoms with Crippen molar-refractivity contribution in [3.8, 4) is 5.75 Å². The number of nitrogens with one attached hydrogen (secondary N) is 1. The van der Waals surface area contributed by atoms with Gasteiger partial charge in [-0.1, -0.05) is 30.3 Å². The van der Waals surface area contributed by atoms with E-state index in [9.17, 15) is 13.5 Å². The Labute approximate surface area is 190 Å². The largest absolute Gasteiger partial charge is 0.504 e. The standard InChI is InChI=1S/C24H33N3O4S/c1-32(29,30)26-22-13-15-27(24-23(28)8-5-14-25-24)16-20(22)17-31-21-11-9-19(10-12-21)18-6-3-2-4-7-18/h2-8,14,19-22,26,28H,9-13,15-17H2,1H3/t19-,20-,21+,22-/m0/s1. The van der Waals surface area contributed by atoms with E-state index in [-0.39, 0.29) is 23.8 Å². The second-order valence-electron chi connectivity index (χ2n) is 9.06. The Hall–Kier alpha value is -2.16. The Bertz CT molecular complexity index is 978. The van der Waals surface area contributed by atoms with Crippen LogP contribution >= 0.6 is 0 Å². The van der Waals surface area contributed by atoms with Crippen LogP contribution in [0.3, 0.4) is 0 Å². The van der Waals surface area contributed by atoms with Crippen molar-refractivity contribution in [3.63, 3.8) is 0 Å².